The van der Waals surface area contributed by atoms with Crippen molar-refractivity contribution < 1.29 is 0 Å². The second-order valence-electron chi connectivity index (χ2n) is 3.82. The zero-order valence-electron chi connectivity index (χ0n) is 9.49. The standard InChI is InChI=1S/C12H17N3/c1-10(8-9-13)14-11-6-4-5-7-12(11)15(2)3/h4-7,10,14H,8H2,1-3H3. The topological polar surface area (TPSA) is 39.1 Å². The zero-order valence-corrected chi connectivity index (χ0v) is 9.49. The van der Waals surface area contributed by atoms with E-state index in [0.29, 0.717) is 6.42 Å². The summed E-state index contributed by atoms with van der Waals surface area (Å²) >= 11 is 0. The molecule has 0 aliphatic heterocycles. The van der Waals surface area contributed by atoms with Crippen LogP contribution >= 0.6 is 0 Å². The summed E-state index contributed by atoms with van der Waals surface area (Å²) in [5.74, 6) is 0. The highest BCUT2D eigenvalue weighted by Gasteiger charge is 2.06. The highest BCUT2D eigenvalue weighted by atomic mass is 15.1. The molecule has 1 rings (SSSR count). The quantitative estimate of drug-likeness (QED) is 0.817. The summed E-state index contributed by atoms with van der Waals surface area (Å²) < 4.78 is 0. The van der Waals surface area contributed by atoms with Crippen LogP contribution < -0.4 is 10.2 Å². The summed E-state index contributed by atoms with van der Waals surface area (Å²) in [6.45, 7) is 2.01. The number of nitrogens with one attached hydrogen (secondary N) is 1. The van der Waals surface area contributed by atoms with Crippen LogP contribution in [-0.2, 0) is 0 Å². The smallest absolute Gasteiger partial charge is 0.0643 e. The van der Waals surface area contributed by atoms with Crippen molar-refractivity contribution in [3.8, 4) is 6.07 Å². The van der Waals surface area contributed by atoms with Gasteiger partial charge in [-0.05, 0) is 19.1 Å². The van der Waals surface area contributed by atoms with Crippen LogP contribution in [0.15, 0.2) is 24.3 Å². The SMILES string of the molecule is CC(CC#N)Nc1ccccc1N(C)C. The van der Waals surface area contributed by atoms with Gasteiger partial charge >= 0.3 is 0 Å². The fourth-order valence-electron chi connectivity index (χ4n) is 1.44. The summed E-state index contributed by atoms with van der Waals surface area (Å²) in [5.41, 5.74) is 2.22. The van der Waals surface area contributed by atoms with Crippen LogP contribution in [0.5, 0.6) is 0 Å². The van der Waals surface area contributed by atoms with Crippen molar-refractivity contribution in [1.82, 2.24) is 0 Å². The first-order chi connectivity index (χ1) is 7.15. The molecule has 1 aromatic carbocycles. The van der Waals surface area contributed by atoms with E-state index in [4.69, 9.17) is 5.26 Å². The molecular weight excluding hydrogens is 186 g/mol. The van der Waals surface area contributed by atoms with Gasteiger partial charge < -0.3 is 10.2 Å². The van der Waals surface area contributed by atoms with E-state index in [9.17, 15) is 0 Å². The monoisotopic (exact) mass is 203 g/mol. The van der Waals surface area contributed by atoms with E-state index in [1.807, 2.05) is 39.2 Å². The van der Waals surface area contributed by atoms with Gasteiger partial charge in [0.25, 0.3) is 0 Å². The molecule has 3 heteroatoms. The molecule has 0 radical (unpaired) electrons. The minimum absolute atomic E-state index is 0.177. The summed E-state index contributed by atoms with van der Waals surface area (Å²) in [4.78, 5) is 2.06. The Hall–Kier alpha value is -1.69. The fraction of sp³-hybridized carbons (Fsp3) is 0.417. The molecule has 1 unspecified atom stereocenters. The van der Waals surface area contributed by atoms with Crippen LogP contribution in [0.25, 0.3) is 0 Å². The van der Waals surface area contributed by atoms with Crippen molar-refractivity contribution in [2.24, 2.45) is 0 Å². The molecule has 1 N–H and O–H groups in total. The normalized spacial score (nSPS) is 11.6. The average Bonchev–Trinajstić information content (AvgIpc) is 2.18. The van der Waals surface area contributed by atoms with Crippen LogP contribution in [0.2, 0.25) is 0 Å². The van der Waals surface area contributed by atoms with Crippen molar-refractivity contribution in [3.63, 3.8) is 0 Å². The Balaban J connectivity index is 2.80. The number of para-hydroxylation sites is 2. The van der Waals surface area contributed by atoms with Gasteiger partial charge in [0.05, 0.1) is 23.9 Å². The molecule has 0 saturated carbocycles. The van der Waals surface area contributed by atoms with Gasteiger partial charge in [-0.25, -0.2) is 0 Å². The van der Waals surface area contributed by atoms with Crippen LogP contribution in [-0.4, -0.2) is 20.1 Å². The van der Waals surface area contributed by atoms with Gasteiger partial charge in [-0.1, -0.05) is 12.1 Å². The number of anilines is 2. The number of rotatable bonds is 4. The van der Waals surface area contributed by atoms with Crippen molar-refractivity contribution >= 4 is 11.4 Å². The molecule has 0 heterocycles. The number of nitrogens with zero attached hydrogens (tertiary/aromatic N) is 2. The third-order valence-electron chi connectivity index (χ3n) is 2.19. The van der Waals surface area contributed by atoms with Gasteiger partial charge in [0.2, 0.25) is 0 Å². The molecule has 0 saturated heterocycles. The van der Waals surface area contributed by atoms with E-state index >= 15 is 0 Å². The Morgan fingerprint density at radius 2 is 2.07 bits per heavy atom. The molecule has 0 fully saturated rings. The lowest BCUT2D eigenvalue weighted by Gasteiger charge is -2.20. The van der Waals surface area contributed by atoms with Gasteiger partial charge in [0.1, 0.15) is 0 Å². The van der Waals surface area contributed by atoms with Crippen LogP contribution in [0, 0.1) is 11.3 Å². The lowest BCUT2D eigenvalue weighted by molar-refractivity contribution is 0.820. The Bertz CT molecular complexity index is 352. The minimum Gasteiger partial charge on any atom is -0.380 e. The fourth-order valence-corrected chi connectivity index (χ4v) is 1.44. The molecule has 0 aliphatic rings. The van der Waals surface area contributed by atoms with Gasteiger partial charge in [-0.2, -0.15) is 5.26 Å². The third kappa shape index (κ3) is 3.17. The first-order valence-corrected chi connectivity index (χ1v) is 5.05. The van der Waals surface area contributed by atoms with E-state index in [2.05, 4.69) is 22.4 Å². The highest BCUT2D eigenvalue weighted by Crippen LogP contribution is 2.24. The lowest BCUT2D eigenvalue weighted by Crippen LogP contribution is -2.18. The summed E-state index contributed by atoms with van der Waals surface area (Å²) in [6, 6.07) is 10.4. The van der Waals surface area contributed by atoms with Gasteiger partial charge in [-0.3, -0.25) is 0 Å². The Morgan fingerprint density at radius 1 is 1.40 bits per heavy atom. The Labute approximate surface area is 91.3 Å². The van der Waals surface area contributed by atoms with Crippen LogP contribution in [0.3, 0.4) is 0 Å². The van der Waals surface area contributed by atoms with Gasteiger partial charge in [0, 0.05) is 20.1 Å². The second-order valence-corrected chi connectivity index (χ2v) is 3.82. The van der Waals surface area contributed by atoms with Gasteiger partial charge in [0.15, 0.2) is 0 Å². The molecular formula is C12H17N3. The summed E-state index contributed by atoms with van der Waals surface area (Å²) in [7, 11) is 4.02. The molecule has 0 amide bonds. The lowest BCUT2D eigenvalue weighted by atomic mass is 10.2. The third-order valence-corrected chi connectivity index (χ3v) is 2.19. The van der Waals surface area contributed by atoms with Crippen molar-refractivity contribution in [2.75, 3.05) is 24.3 Å². The maximum absolute atomic E-state index is 8.59. The van der Waals surface area contributed by atoms with E-state index in [0.717, 1.165) is 11.4 Å². The van der Waals surface area contributed by atoms with Crippen LogP contribution in [0.1, 0.15) is 13.3 Å². The van der Waals surface area contributed by atoms with Crippen molar-refractivity contribution in [2.45, 2.75) is 19.4 Å². The molecule has 0 bridgehead atoms. The number of hydrogen-bond donors (Lipinski definition) is 1. The number of hydrogen-bond acceptors (Lipinski definition) is 3. The predicted octanol–water partition coefficient (Wildman–Crippen LogP) is 2.47. The molecule has 0 aliphatic carbocycles. The largest absolute Gasteiger partial charge is 0.380 e. The van der Waals surface area contributed by atoms with E-state index in [1.165, 1.54) is 0 Å². The molecule has 0 spiro atoms. The van der Waals surface area contributed by atoms with E-state index in [-0.39, 0.29) is 6.04 Å². The van der Waals surface area contributed by atoms with Crippen molar-refractivity contribution in [3.05, 3.63) is 24.3 Å². The number of benzene rings is 1. The maximum Gasteiger partial charge on any atom is 0.0643 e. The summed E-state index contributed by atoms with van der Waals surface area (Å²) in [6.07, 6.45) is 0.516. The van der Waals surface area contributed by atoms with Gasteiger partial charge in [-0.15, -0.1) is 0 Å². The predicted molar refractivity (Wildman–Crippen MR) is 64.1 cm³/mol. The molecule has 0 aromatic heterocycles. The first kappa shape index (κ1) is 11.4. The molecule has 80 valence electrons. The minimum atomic E-state index is 0.177. The molecule has 1 aromatic rings. The average molecular weight is 203 g/mol. The zero-order chi connectivity index (χ0) is 11.3. The second kappa shape index (κ2) is 5.26. The van der Waals surface area contributed by atoms with E-state index in [1.54, 1.807) is 0 Å². The molecule has 15 heavy (non-hydrogen) atoms. The Kier molecular flexibility index (Phi) is 3.99. The Morgan fingerprint density at radius 3 is 2.67 bits per heavy atom. The first-order valence-electron chi connectivity index (χ1n) is 5.05. The highest BCUT2D eigenvalue weighted by molar-refractivity contribution is 5.69. The molecule has 1 atom stereocenters. The van der Waals surface area contributed by atoms with Crippen molar-refractivity contribution in [1.29, 1.82) is 5.26 Å². The van der Waals surface area contributed by atoms with E-state index < -0.39 is 0 Å². The summed E-state index contributed by atoms with van der Waals surface area (Å²) in [5, 5.41) is 11.9. The van der Waals surface area contributed by atoms with Crippen LogP contribution in [0.4, 0.5) is 11.4 Å². The molecule has 3 nitrogen and oxygen atoms in total. The maximum atomic E-state index is 8.59. The number of nitriles is 1.